The number of aliphatic imine (C=N–C) groups is 1. The molecule has 3 nitrogen and oxygen atoms in total. The molecule has 3 N–H and O–H groups in total. The van der Waals surface area contributed by atoms with Crippen molar-refractivity contribution in [2.24, 2.45) is 10.7 Å². The Hall–Kier alpha value is -1.22. The Bertz CT molecular complexity index is 325. The van der Waals surface area contributed by atoms with Crippen LogP contribution in [0.2, 0.25) is 0 Å². The molecular weight excluding hydrogens is 246 g/mol. The fraction of sp³-hybridized carbons (Fsp3) is 0.500. The molecule has 0 aromatic heterocycles. The summed E-state index contributed by atoms with van der Waals surface area (Å²) in [6.45, 7) is 3.78. The number of halogens is 1. The van der Waals surface area contributed by atoms with Gasteiger partial charge in [0, 0.05) is 6.54 Å². The molecule has 0 spiro atoms. The molecule has 1 aromatic carbocycles. The van der Waals surface area contributed by atoms with Crippen molar-refractivity contribution < 1.29 is 0 Å². The lowest BCUT2D eigenvalue weighted by molar-refractivity contribution is 0.652. The summed E-state index contributed by atoms with van der Waals surface area (Å²) in [4.78, 5) is 4.30. The van der Waals surface area contributed by atoms with Crippen LogP contribution in [-0.4, -0.2) is 12.5 Å². The third-order valence-electron chi connectivity index (χ3n) is 2.61. The molecular formula is C14H24ClN3. The summed E-state index contributed by atoms with van der Waals surface area (Å²) in [5.41, 5.74) is 6.96. The van der Waals surface area contributed by atoms with Gasteiger partial charge in [-0.3, -0.25) is 0 Å². The van der Waals surface area contributed by atoms with Gasteiger partial charge in [0.1, 0.15) is 0 Å². The van der Waals surface area contributed by atoms with Crippen molar-refractivity contribution >= 4 is 18.4 Å². The van der Waals surface area contributed by atoms with Crippen molar-refractivity contribution in [1.29, 1.82) is 0 Å². The number of unbranched alkanes of at least 4 members (excludes halogenated alkanes) is 3. The van der Waals surface area contributed by atoms with Crippen LogP contribution < -0.4 is 11.1 Å². The molecule has 0 saturated carbocycles. The van der Waals surface area contributed by atoms with E-state index in [4.69, 9.17) is 5.73 Å². The number of nitrogens with two attached hydrogens (primary N) is 1. The first-order valence-electron chi connectivity index (χ1n) is 6.40. The van der Waals surface area contributed by atoms with Crippen LogP contribution >= 0.6 is 12.4 Å². The first-order chi connectivity index (χ1) is 8.33. The average molecular weight is 270 g/mol. The van der Waals surface area contributed by atoms with Crippen LogP contribution in [0, 0.1) is 0 Å². The fourth-order valence-electron chi connectivity index (χ4n) is 1.58. The second kappa shape index (κ2) is 10.9. The number of nitrogens with one attached hydrogen (secondary N) is 1. The minimum Gasteiger partial charge on any atom is -0.370 e. The first-order valence-corrected chi connectivity index (χ1v) is 6.40. The van der Waals surface area contributed by atoms with Crippen molar-refractivity contribution in [3.8, 4) is 0 Å². The number of benzene rings is 1. The smallest absolute Gasteiger partial charge is 0.188 e. The Kier molecular flexibility index (Phi) is 10.2. The fourth-order valence-corrected chi connectivity index (χ4v) is 1.58. The van der Waals surface area contributed by atoms with Crippen molar-refractivity contribution in [3.63, 3.8) is 0 Å². The van der Waals surface area contributed by atoms with Crippen LogP contribution in [0.3, 0.4) is 0 Å². The molecule has 0 bridgehead atoms. The van der Waals surface area contributed by atoms with E-state index in [-0.39, 0.29) is 12.4 Å². The minimum absolute atomic E-state index is 0. The molecule has 0 atom stereocenters. The summed E-state index contributed by atoms with van der Waals surface area (Å²) in [5, 5.41) is 3.14. The van der Waals surface area contributed by atoms with Gasteiger partial charge in [-0.1, -0.05) is 56.5 Å². The molecule has 0 heterocycles. The lowest BCUT2D eigenvalue weighted by atomic mass is 10.2. The van der Waals surface area contributed by atoms with Crippen molar-refractivity contribution in [3.05, 3.63) is 35.9 Å². The molecule has 18 heavy (non-hydrogen) atoms. The van der Waals surface area contributed by atoms with E-state index in [1.807, 2.05) is 18.2 Å². The first kappa shape index (κ1) is 16.8. The number of rotatable bonds is 7. The van der Waals surface area contributed by atoms with E-state index >= 15 is 0 Å². The van der Waals surface area contributed by atoms with Gasteiger partial charge in [0.2, 0.25) is 0 Å². The van der Waals surface area contributed by atoms with Crippen LogP contribution in [0.15, 0.2) is 35.3 Å². The predicted molar refractivity (Wildman–Crippen MR) is 81.2 cm³/mol. The van der Waals surface area contributed by atoms with Crippen molar-refractivity contribution in [1.82, 2.24) is 5.32 Å². The Morgan fingerprint density at radius 1 is 1.17 bits per heavy atom. The summed E-state index contributed by atoms with van der Waals surface area (Å²) in [7, 11) is 0. The Morgan fingerprint density at radius 2 is 1.89 bits per heavy atom. The maximum Gasteiger partial charge on any atom is 0.188 e. The van der Waals surface area contributed by atoms with E-state index in [1.165, 1.54) is 24.8 Å². The highest BCUT2D eigenvalue weighted by atomic mass is 35.5. The third-order valence-corrected chi connectivity index (χ3v) is 2.61. The van der Waals surface area contributed by atoms with E-state index in [2.05, 4.69) is 29.4 Å². The van der Waals surface area contributed by atoms with E-state index in [1.54, 1.807) is 0 Å². The molecule has 0 saturated heterocycles. The van der Waals surface area contributed by atoms with E-state index in [0.717, 1.165) is 13.0 Å². The average Bonchev–Trinajstić information content (AvgIpc) is 2.37. The van der Waals surface area contributed by atoms with E-state index in [9.17, 15) is 0 Å². The molecule has 0 fully saturated rings. The second-order valence-corrected chi connectivity index (χ2v) is 4.17. The summed E-state index contributed by atoms with van der Waals surface area (Å²) < 4.78 is 0. The van der Waals surface area contributed by atoms with Gasteiger partial charge >= 0.3 is 0 Å². The van der Waals surface area contributed by atoms with Crippen molar-refractivity contribution in [2.45, 2.75) is 39.2 Å². The molecule has 1 aromatic rings. The maximum atomic E-state index is 5.78. The summed E-state index contributed by atoms with van der Waals surface area (Å²) in [5.74, 6) is 0.547. The topological polar surface area (TPSA) is 50.4 Å². The van der Waals surface area contributed by atoms with Crippen LogP contribution in [0.25, 0.3) is 0 Å². The van der Waals surface area contributed by atoms with Gasteiger partial charge in [0.05, 0.1) is 6.54 Å². The third kappa shape index (κ3) is 7.96. The minimum atomic E-state index is 0. The Balaban J connectivity index is 0.00000289. The van der Waals surface area contributed by atoms with E-state index in [0.29, 0.717) is 12.5 Å². The summed E-state index contributed by atoms with van der Waals surface area (Å²) >= 11 is 0. The lowest BCUT2D eigenvalue weighted by Crippen LogP contribution is -2.32. The van der Waals surface area contributed by atoms with Gasteiger partial charge in [-0.25, -0.2) is 4.99 Å². The Morgan fingerprint density at radius 3 is 2.56 bits per heavy atom. The molecule has 0 radical (unpaired) electrons. The summed E-state index contributed by atoms with van der Waals surface area (Å²) in [6, 6.07) is 10.1. The zero-order valence-electron chi connectivity index (χ0n) is 11.1. The van der Waals surface area contributed by atoms with Crippen LogP contribution in [0.1, 0.15) is 38.2 Å². The van der Waals surface area contributed by atoms with Crippen molar-refractivity contribution in [2.75, 3.05) is 6.54 Å². The monoisotopic (exact) mass is 269 g/mol. The molecule has 0 aliphatic rings. The summed E-state index contributed by atoms with van der Waals surface area (Å²) in [6.07, 6.45) is 4.98. The lowest BCUT2D eigenvalue weighted by Gasteiger charge is -2.05. The highest BCUT2D eigenvalue weighted by Gasteiger charge is 1.92. The number of hydrogen-bond donors (Lipinski definition) is 2. The number of guanidine groups is 1. The van der Waals surface area contributed by atoms with Crippen LogP contribution in [-0.2, 0) is 6.54 Å². The Labute approximate surface area is 116 Å². The molecule has 102 valence electrons. The van der Waals surface area contributed by atoms with E-state index < -0.39 is 0 Å². The van der Waals surface area contributed by atoms with Gasteiger partial charge in [-0.15, -0.1) is 12.4 Å². The normalized spacial score (nSPS) is 10.8. The highest BCUT2D eigenvalue weighted by Crippen LogP contribution is 2.00. The van der Waals surface area contributed by atoms with Crippen LogP contribution in [0.4, 0.5) is 0 Å². The molecule has 4 heteroatoms. The van der Waals surface area contributed by atoms with Gasteiger partial charge in [-0.05, 0) is 12.0 Å². The number of hydrogen-bond acceptors (Lipinski definition) is 1. The molecule has 0 aliphatic carbocycles. The number of nitrogens with zero attached hydrogens (tertiary/aromatic N) is 1. The largest absolute Gasteiger partial charge is 0.370 e. The molecule has 1 rings (SSSR count). The molecule has 0 unspecified atom stereocenters. The predicted octanol–water partition coefficient (Wildman–Crippen LogP) is 3.09. The molecule has 0 amide bonds. The van der Waals surface area contributed by atoms with Gasteiger partial charge in [0.25, 0.3) is 0 Å². The van der Waals surface area contributed by atoms with Gasteiger partial charge in [-0.2, -0.15) is 0 Å². The second-order valence-electron chi connectivity index (χ2n) is 4.17. The zero-order valence-corrected chi connectivity index (χ0v) is 11.9. The maximum absolute atomic E-state index is 5.78. The van der Waals surface area contributed by atoms with Gasteiger partial charge in [0.15, 0.2) is 5.96 Å². The standard InChI is InChI=1S/C14H23N3.ClH/c1-2-3-4-8-11-16-14(15)17-12-13-9-6-5-7-10-13;/h5-7,9-10H,2-4,8,11-12H2,1H3,(H3,15,16,17);1H. The molecule has 0 aliphatic heterocycles. The highest BCUT2D eigenvalue weighted by molar-refractivity contribution is 5.85. The van der Waals surface area contributed by atoms with Crippen LogP contribution in [0.5, 0.6) is 0 Å². The quantitative estimate of drug-likeness (QED) is 0.454. The SMILES string of the molecule is CCCCCCNC(N)=NCc1ccccc1.Cl. The zero-order chi connectivity index (χ0) is 12.3. The van der Waals surface area contributed by atoms with Gasteiger partial charge < -0.3 is 11.1 Å².